The van der Waals surface area contributed by atoms with Crippen molar-refractivity contribution in [2.45, 2.75) is 64.3 Å². The van der Waals surface area contributed by atoms with Crippen LogP contribution in [-0.4, -0.2) is 15.9 Å². The molecule has 1 amide bonds. The van der Waals surface area contributed by atoms with Gasteiger partial charge in [-0.2, -0.15) is 0 Å². The van der Waals surface area contributed by atoms with E-state index in [1.165, 1.54) is 24.5 Å². The molecule has 0 bridgehead atoms. The van der Waals surface area contributed by atoms with Gasteiger partial charge in [0.1, 0.15) is 11.5 Å². The Morgan fingerprint density at radius 2 is 1.74 bits per heavy atom. The molecule has 1 atom stereocenters. The number of nitrogens with zero attached hydrogens (tertiary/aromatic N) is 1. The van der Waals surface area contributed by atoms with Crippen molar-refractivity contribution in [1.29, 1.82) is 0 Å². The van der Waals surface area contributed by atoms with Crippen LogP contribution >= 0.6 is 0 Å². The highest BCUT2D eigenvalue weighted by Gasteiger charge is 2.31. The molecule has 5 heteroatoms. The molecule has 27 heavy (non-hydrogen) atoms. The average molecular weight is 365 g/mol. The van der Waals surface area contributed by atoms with Gasteiger partial charge in [-0.05, 0) is 48.1 Å². The van der Waals surface area contributed by atoms with Gasteiger partial charge >= 0.3 is 0 Å². The van der Waals surface area contributed by atoms with E-state index in [-0.39, 0.29) is 28.6 Å². The van der Waals surface area contributed by atoms with Crippen LogP contribution in [0.5, 0.6) is 0 Å². The number of carbonyl (C=O) groups excluding carboxylic acids is 1. The first-order chi connectivity index (χ1) is 12.8. The highest BCUT2D eigenvalue weighted by molar-refractivity contribution is 5.92. The van der Waals surface area contributed by atoms with Crippen molar-refractivity contribution in [1.82, 2.24) is 15.3 Å². The highest BCUT2D eigenvalue weighted by Crippen LogP contribution is 2.41. The first-order valence-electron chi connectivity index (χ1n) is 9.83. The maximum absolute atomic E-state index is 12.9. The van der Waals surface area contributed by atoms with Crippen molar-refractivity contribution in [3.05, 3.63) is 63.3 Å². The van der Waals surface area contributed by atoms with Crippen molar-refractivity contribution in [3.63, 3.8) is 0 Å². The van der Waals surface area contributed by atoms with Gasteiger partial charge in [0.05, 0.1) is 6.04 Å². The van der Waals surface area contributed by atoms with Gasteiger partial charge in [0.15, 0.2) is 0 Å². The van der Waals surface area contributed by atoms with E-state index in [1.54, 1.807) is 0 Å². The SMILES string of the molecule is CC(C)(C)C(NC(=O)c1cc(=O)[nH]c(C2CC2)n1)c1ccc(C2CC2)cc1. The van der Waals surface area contributed by atoms with Crippen LogP contribution in [0.4, 0.5) is 0 Å². The fourth-order valence-electron chi connectivity index (χ4n) is 3.53. The van der Waals surface area contributed by atoms with Crippen LogP contribution in [0.15, 0.2) is 35.1 Å². The number of rotatable bonds is 5. The Bertz CT molecular complexity index is 900. The summed E-state index contributed by atoms with van der Waals surface area (Å²) in [6.45, 7) is 6.31. The molecular weight excluding hydrogens is 338 g/mol. The lowest BCUT2D eigenvalue weighted by atomic mass is 9.82. The van der Waals surface area contributed by atoms with Gasteiger partial charge in [-0.1, -0.05) is 45.0 Å². The maximum atomic E-state index is 12.9. The molecule has 1 heterocycles. The Balaban J connectivity index is 1.58. The topological polar surface area (TPSA) is 74.8 Å². The molecule has 1 aromatic heterocycles. The van der Waals surface area contributed by atoms with Crippen LogP contribution in [0.2, 0.25) is 0 Å². The summed E-state index contributed by atoms with van der Waals surface area (Å²) in [6.07, 6.45) is 4.59. The molecule has 2 aliphatic rings. The smallest absolute Gasteiger partial charge is 0.270 e. The summed E-state index contributed by atoms with van der Waals surface area (Å²) >= 11 is 0. The molecule has 4 rings (SSSR count). The monoisotopic (exact) mass is 365 g/mol. The molecule has 1 aromatic carbocycles. The number of benzene rings is 1. The summed E-state index contributed by atoms with van der Waals surface area (Å²) in [4.78, 5) is 32.0. The predicted octanol–water partition coefficient (Wildman–Crippen LogP) is 4.04. The van der Waals surface area contributed by atoms with E-state index >= 15 is 0 Å². The zero-order valence-electron chi connectivity index (χ0n) is 16.2. The van der Waals surface area contributed by atoms with Gasteiger partial charge in [0.25, 0.3) is 11.5 Å². The third-order valence-corrected chi connectivity index (χ3v) is 5.42. The third-order valence-electron chi connectivity index (χ3n) is 5.42. The first kappa shape index (κ1) is 18.0. The van der Waals surface area contributed by atoms with E-state index in [9.17, 15) is 9.59 Å². The van der Waals surface area contributed by atoms with E-state index in [2.05, 4.69) is 60.3 Å². The second-order valence-electron chi connectivity index (χ2n) is 9.00. The summed E-state index contributed by atoms with van der Waals surface area (Å²) in [5.41, 5.74) is 2.22. The van der Waals surface area contributed by atoms with Gasteiger partial charge in [-0.25, -0.2) is 4.98 Å². The van der Waals surface area contributed by atoms with E-state index < -0.39 is 0 Å². The second kappa shape index (κ2) is 6.63. The molecule has 1 unspecified atom stereocenters. The Morgan fingerprint density at radius 1 is 1.11 bits per heavy atom. The van der Waals surface area contributed by atoms with Gasteiger partial charge < -0.3 is 10.3 Å². The number of aromatic amines is 1. The molecule has 0 spiro atoms. The number of hydrogen-bond acceptors (Lipinski definition) is 3. The van der Waals surface area contributed by atoms with Crippen molar-refractivity contribution in [3.8, 4) is 0 Å². The van der Waals surface area contributed by atoms with Crippen LogP contribution in [0.3, 0.4) is 0 Å². The molecule has 2 fully saturated rings. The zero-order valence-corrected chi connectivity index (χ0v) is 16.2. The average Bonchev–Trinajstić information content (AvgIpc) is 3.50. The van der Waals surface area contributed by atoms with Crippen LogP contribution in [0.1, 0.15) is 91.8 Å². The van der Waals surface area contributed by atoms with Crippen LogP contribution in [0.25, 0.3) is 0 Å². The number of hydrogen-bond donors (Lipinski definition) is 2. The van der Waals surface area contributed by atoms with Crippen molar-refractivity contribution < 1.29 is 4.79 Å². The number of nitrogens with one attached hydrogen (secondary N) is 2. The van der Waals surface area contributed by atoms with Crippen molar-refractivity contribution in [2.24, 2.45) is 5.41 Å². The fraction of sp³-hybridized carbons (Fsp3) is 0.500. The quantitative estimate of drug-likeness (QED) is 0.840. The van der Waals surface area contributed by atoms with E-state index in [4.69, 9.17) is 0 Å². The number of amides is 1. The summed E-state index contributed by atoms with van der Waals surface area (Å²) in [7, 11) is 0. The Hall–Kier alpha value is -2.43. The molecule has 0 aliphatic heterocycles. The Kier molecular flexibility index (Phi) is 4.41. The normalized spacial score (nSPS) is 18.2. The van der Waals surface area contributed by atoms with Crippen molar-refractivity contribution >= 4 is 5.91 Å². The molecular formula is C22H27N3O2. The second-order valence-corrected chi connectivity index (χ2v) is 9.00. The van der Waals surface area contributed by atoms with Crippen molar-refractivity contribution in [2.75, 3.05) is 0 Å². The summed E-state index contributed by atoms with van der Waals surface area (Å²) in [6, 6.07) is 9.71. The predicted molar refractivity (Wildman–Crippen MR) is 105 cm³/mol. The van der Waals surface area contributed by atoms with Gasteiger partial charge in [-0.3, -0.25) is 9.59 Å². The molecule has 0 radical (unpaired) electrons. The number of aromatic nitrogens is 2. The molecule has 142 valence electrons. The fourth-order valence-corrected chi connectivity index (χ4v) is 3.53. The molecule has 2 aliphatic carbocycles. The largest absolute Gasteiger partial charge is 0.343 e. The Morgan fingerprint density at radius 3 is 2.30 bits per heavy atom. The minimum Gasteiger partial charge on any atom is -0.343 e. The van der Waals surface area contributed by atoms with Gasteiger partial charge in [0, 0.05) is 12.0 Å². The summed E-state index contributed by atoms with van der Waals surface area (Å²) < 4.78 is 0. The van der Waals surface area contributed by atoms with Crippen LogP contribution < -0.4 is 10.9 Å². The van der Waals surface area contributed by atoms with E-state index in [0.29, 0.717) is 17.7 Å². The molecule has 2 N–H and O–H groups in total. The summed E-state index contributed by atoms with van der Waals surface area (Å²) in [5.74, 6) is 1.34. The van der Waals surface area contributed by atoms with Gasteiger partial charge in [-0.15, -0.1) is 0 Å². The molecule has 2 aromatic rings. The minimum atomic E-state index is -0.297. The lowest BCUT2D eigenvalue weighted by Gasteiger charge is -2.32. The van der Waals surface area contributed by atoms with Crippen LogP contribution in [-0.2, 0) is 0 Å². The number of carbonyl (C=O) groups is 1. The van der Waals surface area contributed by atoms with E-state index in [1.807, 2.05) is 0 Å². The molecule has 0 saturated heterocycles. The van der Waals surface area contributed by atoms with E-state index in [0.717, 1.165) is 18.4 Å². The summed E-state index contributed by atoms with van der Waals surface area (Å²) in [5, 5.41) is 3.11. The van der Waals surface area contributed by atoms with Crippen LogP contribution in [0, 0.1) is 5.41 Å². The molecule has 2 saturated carbocycles. The lowest BCUT2D eigenvalue weighted by Crippen LogP contribution is -2.37. The zero-order chi connectivity index (χ0) is 19.2. The Labute approximate surface area is 159 Å². The number of H-pyrrole nitrogens is 1. The maximum Gasteiger partial charge on any atom is 0.270 e. The molecule has 5 nitrogen and oxygen atoms in total. The van der Waals surface area contributed by atoms with Gasteiger partial charge in [0.2, 0.25) is 0 Å². The minimum absolute atomic E-state index is 0.163. The first-order valence-corrected chi connectivity index (χ1v) is 9.83. The highest BCUT2D eigenvalue weighted by atomic mass is 16.2. The standard InChI is InChI=1S/C22H27N3O2/c1-22(2,3)19(15-8-6-14(7-9-15)13-4-5-13)25-21(27)17-12-18(26)24-20(23-17)16-10-11-16/h6-9,12-13,16,19H,4-5,10-11H2,1-3H3,(H,25,27)(H,23,24,26). The lowest BCUT2D eigenvalue weighted by molar-refractivity contribution is 0.0896. The third kappa shape index (κ3) is 4.12.